The highest BCUT2D eigenvalue weighted by atomic mass is 16.5. The molecule has 26 heavy (non-hydrogen) atoms. The number of rotatable bonds is 8. The van der Waals surface area contributed by atoms with Gasteiger partial charge in [-0.1, -0.05) is 30.3 Å². The minimum atomic E-state index is -0.959. The fourth-order valence-corrected chi connectivity index (χ4v) is 2.15. The van der Waals surface area contributed by atoms with Crippen LogP contribution in [0.3, 0.4) is 0 Å². The number of amides is 2. The van der Waals surface area contributed by atoms with E-state index in [-0.39, 0.29) is 6.61 Å². The van der Waals surface area contributed by atoms with E-state index in [4.69, 9.17) is 15.2 Å². The molecular weight excluding hydrogens is 336 g/mol. The summed E-state index contributed by atoms with van der Waals surface area (Å²) < 4.78 is 10.4. The molecule has 2 aromatic carbocycles. The Bertz CT molecular complexity index is 759. The molecule has 2 amide bonds. The van der Waals surface area contributed by atoms with E-state index in [0.29, 0.717) is 17.9 Å². The van der Waals surface area contributed by atoms with Crippen molar-refractivity contribution in [2.75, 3.05) is 6.61 Å². The van der Waals surface area contributed by atoms with Crippen LogP contribution in [0.1, 0.15) is 22.8 Å². The second-order valence-electron chi connectivity index (χ2n) is 5.55. The number of benzene rings is 2. The molecule has 7 heteroatoms. The number of carbonyl (C=O) groups excluding carboxylic acids is 3. The summed E-state index contributed by atoms with van der Waals surface area (Å²) in [6.07, 6.45) is 0. The molecule has 2 rings (SSSR count). The number of hydrogen-bond donors (Lipinski definition) is 2. The largest absolute Gasteiger partial charge is 0.427 e. The smallest absolute Gasteiger partial charge is 0.308 e. The van der Waals surface area contributed by atoms with Gasteiger partial charge in [-0.2, -0.15) is 0 Å². The fourth-order valence-electron chi connectivity index (χ4n) is 2.15. The predicted octanol–water partition coefficient (Wildman–Crippen LogP) is 1.41. The number of nitrogens with one attached hydrogen (secondary N) is 1. The average Bonchev–Trinajstić information content (AvgIpc) is 2.61. The Balaban J connectivity index is 1.90. The minimum Gasteiger partial charge on any atom is -0.427 e. The summed E-state index contributed by atoms with van der Waals surface area (Å²) in [6.45, 7) is 1.55. The van der Waals surface area contributed by atoms with Gasteiger partial charge in [0, 0.05) is 12.5 Å². The Morgan fingerprint density at radius 1 is 1.04 bits per heavy atom. The molecule has 0 aliphatic carbocycles. The van der Waals surface area contributed by atoms with Crippen LogP contribution in [0.25, 0.3) is 0 Å². The van der Waals surface area contributed by atoms with Crippen molar-refractivity contribution in [2.24, 2.45) is 5.73 Å². The van der Waals surface area contributed by atoms with Crippen LogP contribution in [0, 0.1) is 0 Å². The van der Waals surface area contributed by atoms with E-state index in [2.05, 4.69) is 5.32 Å². The lowest BCUT2D eigenvalue weighted by atomic mass is 10.2. The third kappa shape index (κ3) is 6.03. The van der Waals surface area contributed by atoms with Crippen LogP contribution < -0.4 is 15.8 Å². The zero-order valence-electron chi connectivity index (χ0n) is 14.3. The molecule has 0 aromatic heterocycles. The Hall–Kier alpha value is -3.19. The molecule has 1 atom stereocenters. The van der Waals surface area contributed by atoms with Crippen LogP contribution in [0.5, 0.6) is 5.75 Å². The minimum absolute atomic E-state index is 0.0402. The van der Waals surface area contributed by atoms with E-state index in [1.807, 2.05) is 30.3 Å². The van der Waals surface area contributed by atoms with E-state index in [9.17, 15) is 14.4 Å². The SMILES string of the molecule is CC(=O)Oc1ccc(C(=O)NC(COCc2ccccc2)C(N)=O)cc1. The van der Waals surface area contributed by atoms with Gasteiger partial charge in [0.1, 0.15) is 11.8 Å². The number of carbonyl (C=O) groups is 3. The molecule has 0 saturated heterocycles. The number of ether oxygens (including phenoxy) is 2. The third-order valence-electron chi connectivity index (χ3n) is 3.42. The number of hydrogen-bond acceptors (Lipinski definition) is 5. The van der Waals surface area contributed by atoms with Gasteiger partial charge in [-0.3, -0.25) is 14.4 Å². The van der Waals surface area contributed by atoms with Crippen molar-refractivity contribution in [1.82, 2.24) is 5.32 Å². The first-order valence-corrected chi connectivity index (χ1v) is 7.96. The topological polar surface area (TPSA) is 108 Å². The Morgan fingerprint density at radius 3 is 2.27 bits per heavy atom. The summed E-state index contributed by atoms with van der Waals surface area (Å²) >= 11 is 0. The average molecular weight is 356 g/mol. The van der Waals surface area contributed by atoms with Crippen LogP contribution >= 0.6 is 0 Å². The van der Waals surface area contributed by atoms with Crippen LogP contribution in [0.2, 0.25) is 0 Å². The maximum absolute atomic E-state index is 12.2. The molecule has 0 fully saturated rings. The molecule has 0 bridgehead atoms. The van der Waals surface area contributed by atoms with Crippen molar-refractivity contribution in [3.05, 3.63) is 65.7 Å². The van der Waals surface area contributed by atoms with Crippen LogP contribution in [-0.4, -0.2) is 30.4 Å². The van der Waals surface area contributed by atoms with E-state index in [0.717, 1.165) is 5.56 Å². The van der Waals surface area contributed by atoms with Crippen molar-refractivity contribution >= 4 is 17.8 Å². The first-order valence-electron chi connectivity index (χ1n) is 7.96. The molecule has 1 unspecified atom stereocenters. The summed E-state index contributed by atoms with van der Waals surface area (Å²) in [5, 5.41) is 2.53. The monoisotopic (exact) mass is 356 g/mol. The van der Waals surface area contributed by atoms with Crippen LogP contribution in [0.4, 0.5) is 0 Å². The molecule has 0 spiro atoms. The molecular formula is C19H20N2O5. The first kappa shape index (κ1) is 19.1. The lowest BCUT2D eigenvalue weighted by molar-refractivity contribution is -0.131. The second-order valence-corrected chi connectivity index (χ2v) is 5.55. The fraction of sp³-hybridized carbons (Fsp3) is 0.211. The lowest BCUT2D eigenvalue weighted by Crippen LogP contribution is -2.47. The van der Waals surface area contributed by atoms with E-state index >= 15 is 0 Å². The van der Waals surface area contributed by atoms with Crippen LogP contribution in [-0.2, 0) is 20.9 Å². The highest BCUT2D eigenvalue weighted by Gasteiger charge is 2.19. The van der Waals surface area contributed by atoms with Gasteiger partial charge in [-0.05, 0) is 29.8 Å². The first-order chi connectivity index (χ1) is 12.5. The van der Waals surface area contributed by atoms with Gasteiger partial charge in [0.05, 0.1) is 13.2 Å². The zero-order valence-corrected chi connectivity index (χ0v) is 14.3. The maximum atomic E-state index is 12.2. The van der Waals surface area contributed by atoms with Gasteiger partial charge in [-0.25, -0.2) is 0 Å². The summed E-state index contributed by atoms with van der Waals surface area (Å²) in [7, 11) is 0. The summed E-state index contributed by atoms with van der Waals surface area (Å²) in [4.78, 5) is 34.7. The molecule has 136 valence electrons. The Labute approximate surface area is 151 Å². The standard InChI is InChI=1S/C19H20N2O5/c1-13(22)26-16-9-7-15(8-10-16)19(24)21-17(18(20)23)12-25-11-14-5-3-2-4-6-14/h2-10,17H,11-12H2,1H3,(H2,20,23)(H,21,24). The quantitative estimate of drug-likeness (QED) is 0.549. The van der Waals surface area contributed by atoms with E-state index < -0.39 is 23.8 Å². The van der Waals surface area contributed by atoms with Gasteiger partial charge in [0.2, 0.25) is 5.91 Å². The van der Waals surface area contributed by atoms with E-state index in [1.54, 1.807) is 0 Å². The number of nitrogens with two attached hydrogens (primary N) is 1. The Kier molecular flexibility index (Phi) is 6.87. The van der Waals surface area contributed by atoms with Gasteiger partial charge < -0.3 is 20.5 Å². The molecule has 0 aliphatic heterocycles. The van der Waals surface area contributed by atoms with Crippen molar-refractivity contribution in [3.63, 3.8) is 0 Å². The molecule has 7 nitrogen and oxygen atoms in total. The Morgan fingerprint density at radius 2 is 1.69 bits per heavy atom. The van der Waals surface area contributed by atoms with Crippen molar-refractivity contribution < 1.29 is 23.9 Å². The second kappa shape index (κ2) is 9.33. The van der Waals surface area contributed by atoms with Gasteiger partial charge in [0.25, 0.3) is 5.91 Å². The van der Waals surface area contributed by atoms with Crippen LogP contribution in [0.15, 0.2) is 54.6 Å². The van der Waals surface area contributed by atoms with Gasteiger partial charge in [-0.15, -0.1) is 0 Å². The molecule has 3 N–H and O–H groups in total. The summed E-state index contributed by atoms with van der Waals surface area (Å²) in [5.41, 5.74) is 6.58. The zero-order chi connectivity index (χ0) is 18.9. The molecule has 0 radical (unpaired) electrons. The van der Waals surface area contributed by atoms with Crippen molar-refractivity contribution in [2.45, 2.75) is 19.6 Å². The highest BCUT2D eigenvalue weighted by molar-refractivity contribution is 5.97. The van der Waals surface area contributed by atoms with Gasteiger partial charge in [0.15, 0.2) is 0 Å². The highest BCUT2D eigenvalue weighted by Crippen LogP contribution is 2.12. The molecule has 0 aliphatic rings. The number of esters is 1. The summed E-state index contributed by atoms with van der Waals surface area (Å²) in [6, 6.07) is 14.4. The van der Waals surface area contributed by atoms with E-state index in [1.165, 1.54) is 31.2 Å². The normalized spacial score (nSPS) is 11.4. The molecule has 0 saturated carbocycles. The number of primary amides is 1. The predicted molar refractivity (Wildman–Crippen MR) is 94.3 cm³/mol. The lowest BCUT2D eigenvalue weighted by Gasteiger charge is -2.16. The van der Waals surface area contributed by atoms with Gasteiger partial charge >= 0.3 is 5.97 Å². The molecule has 2 aromatic rings. The maximum Gasteiger partial charge on any atom is 0.308 e. The van der Waals surface area contributed by atoms with Crippen molar-refractivity contribution in [3.8, 4) is 5.75 Å². The molecule has 0 heterocycles. The summed E-state index contributed by atoms with van der Waals surface area (Å²) in [5.74, 6) is -1.30. The third-order valence-corrected chi connectivity index (χ3v) is 3.42. The van der Waals surface area contributed by atoms with Crippen molar-refractivity contribution in [1.29, 1.82) is 0 Å².